The minimum atomic E-state index is -0.473. The van der Waals surface area contributed by atoms with Crippen LogP contribution in [0.15, 0.2) is 42.5 Å². The highest BCUT2D eigenvalue weighted by atomic mass is 16.6. The standard InChI is InChI=1S/C15H14N2O4/c1-10-8-11(6-7-14(10)17(19)20)15(18)16-12-4-3-5-13(9-12)21-2/h3-9H,1-2H3,(H,16,18). The Balaban J connectivity index is 2.20. The van der Waals surface area contributed by atoms with Crippen molar-refractivity contribution in [3.8, 4) is 5.75 Å². The van der Waals surface area contributed by atoms with Crippen LogP contribution in [0, 0.1) is 17.0 Å². The maximum Gasteiger partial charge on any atom is 0.272 e. The van der Waals surface area contributed by atoms with Gasteiger partial charge in [0, 0.05) is 28.9 Å². The molecule has 2 aromatic carbocycles. The number of anilines is 1. The van der Waals surface area contributed by atoms with Gasteiger partial charge < -0.3 is 10.1 Å². The van der Waals surface area contributed by atoms with Gasteiger partial charge in [0.05, 0.1) is 12.0 Å². The van der Waals surface area contributed by atoms with E-state index in [-0.39, 0.29) is 11.6 Å². The average Bonchev–Trinajstić information content (AvgIpc) is 2.46. The molecule has 2 aromatic rings. The van der Waals surface area contributed by atoms with Crippen molar-refractivity contribution in [3.05, 3.63) is 63.7 Å². The molecule has 0 aliphatic heterocycles. The van der Waals surface area contributed by atoms with Crippen LogP contribution in [-0.2, 0) is 0 Å². The molecule has 0 saturated carbocycles. The van der Waals surface area contributed by atoms with Gasteiger partial charge in [0.1, 0.15) is 5.75 Å². The molecule has 0 spiro atoms. The van der Waals surface area contributed by atoms with Crippen molar-refractivity contribution < 1.29 is 14.5 Å². The van der Waals surface area contributed by atoms with E-state index in [0.717, 1.165) is 0 Å². The predicted molar refractivity (Wildman–Crippen MR) is 78.8 cm³/mol. The van der Waals surface area contributed by atoms with Gasteiger partial charge in [-0.1, -0.05) is 6.07 Å². The number of carbonyl (C=O) groups excluding carboxylic acids is 1. The van der Waals surface area contributed by atoms with Gasteiger partial charge >= 0.3 is 0 Å². The number of benzene rings is 2. The van der Waals surface area contributed by atoms with Crippen molar-refractivity contribution in [1.82, 2.24) is 0 Å². The first kappa shape index (κ1) is 14.5. The normalized spacial score (nSPS) is 10.0. The van der Waals surface area contributed by atoms with Crippen LogP contribution in [0.25, 0.3) is 0 Å². The zero-order valence-corrected chi connectivity index (χ0v) is 11.6. The van der Waals surface area contributed by atoms with Gasteiger partial charge in [0.25, 0.3) is 11.6 Å². The Morgan fingerprint density at radius 2 is 2.00 bits per heavy atom. The van der Waals surface area contributed by atoms with Crippen molar-refractivity contribution in [2.24, 2.45) is 0 Å². The van der Waals surface area contributed by atoms with Crippen LogP contribution in [0.4, 0.5) is 11.4 Å². The highest BCUT2D eigenvalue weighted by Crippen LogP contribution is 2.21. The highest BCUT2D eigenvalue weighted by molar-refractivity contribution is 6.04. The number of carbonyl (C=O) groups is 1. The molecule has 0 unspecified atom stereocenters. The largest absolute Gasteiger partial charge is 0.497 e. The van der Waals surface area contributed by atoms with Crippen LogP contribution in [0.2, 0.25) is 0 Å². The van der Waals surface area contributed by atoms with E-state index in [9.17, 15) is 14.9 Å². The minimum absolute atomic E-state index is 0.00655. The molecule has 0 aromatic heterocycles. The van der Waals surface area contributed by atoms with E-state index in [0.29, 0.717) is 22.6 Å². The van der Waals surface area contributed by atoms with Gasteiger partial charge in [-0.25, -0.2) is 0 Å². The number of nitrogens with zero attached hydrogens (tertiary/aromatic N) is 1. The SMILES string of the molecule is COc1cccc(NC(=O)c2ccc([N+](=O)[O-])c(C)c2)c1. The predicted octanol–water partition coefficient (Wildman–Crippen LogP) is 3.16. The number of aryl methyl sites for hydroxylation is 1. The number of nitrogens with one attached hydrogen (secondary N) is 1. The minimum Gasteiger partial charge on any atom is -0.497 e. The molecule has 0 aliphatic carbocycles. The lowest BCUT2D eigenvalue weighted by Crippen LogP contribution is -2.12. The first-order chi connectivity index (χ1) is 10.0. The Kier molecular flexibility index (Phi) is 4.18. The van der Waals surface area contributed by atoms with Crippen LogP contribution in [0.5, 0.6) is 5.75 Å². The van der Waals surface area contributed by atoms with Crippen LogP contribution in [-0.4, -0.2) is 17.9 Å². The van der Waals surface area contributed by atoms with Crippen LogP contribution < -0.4 is 10.1 Å². The van der Waals surface area contributed by atoms with Gasteiger partial charge in [0.2, 0.25) is 0 Å². The van der Waals surface area contributed by atoms with Crippen molar-refractivity contribution >= 4 is 17.3 Å². The van der Waals surface area contributed by atoms with Gasteiger partial charge in [-0.2, -0.15) is 0 Å². The number of hydrogen-bond donors (Lipinski definition) is 1. The fraction of sp³-hybridized carbons (Fsp3) is 0.133. The van der Waals surface area contributed by atoms with Gasteiger partial charge in [-0.15, -0.1) is 0 Å². The topological polar surface area (TPSA) is 81.5 Å². The second-order valence-electron chi connectivity index (χ2n) is 4.44. The highest BCUT2D eigenvalue weighted by Gasteiger charge is 2.14. The molecule has 0 fully saturated rings. The number of amides is 1. The van der Waals surface area contributed by atoms with E-state index in [1.54, 1.807) is 38.3 Å². The summed E-state index contributed by atoms with van der Waals surface area (Å²) >= 11 is 0. The Bertz CT molecular complexity index is 698. The summed E-state index contributed by atoms with van der Waals surface area (Å²) < 4.78 is 5.08. The van der Waals surface area contributed by atoms with E-state index >= 15 is 0 Å². The maximum atomic E-state index is 12.1. The molecule has 0 atom stereocenters. The summed E-state index contributed by atoms with van der Waals surface area (Å²) in [6.07, 6.45) is 0. The van der Waals surface area contributed by atoms with E-state index in [1.165, 1.54) is 18.2 Å². The first-order valence-corrected chi connectivity index (χ1v) is 6.21. The third kappa shape index (κ3) is 3.36. The Hall–Kier alpha value is -2.89. The Morgan fingerprint density at radius 3 is 2.62 bits per heavy atom. The molecule has 0 heterocycles. The summed E-state index contributed by atoms with van der Waals surface area (Å²) in [4.78, 5) is 22.4. The van der Waals surface area contributed by atoms with E-state index in [1.807, 2.05) is 0 Å². The first-order valence-electron chi connectivity index (χ1n) is 6.21. The molecule has 0 saturated heterocycles. The number of nitro benzene ring substituents is 1. The van der Waals surface area contributed by atoms with Crippen molar-refractivity contribution in [1.29, 1.82) is 0 Å². The summed E-state index contributed by atoms with van der Waals surface area (Å²) in [6, 6.07) is 11.2. The molecule has 21 heavy (non-hydrogen) atoms. The van der Waals surface area contributed by atoms with Crippen LogP contribution in [0.3, 0.4) is 0 Å². The summed E-state index contributed by atoms with van der Waals surface area (Å²) in [5.74, 6) is 0.300. The Labute approximate surface area is 121 Å². The molecule has 6 nitrogen and oxygen atoms in total. The fourth-order valence-corrected chi connectivity index (χ4v) is 1.91. The van der Waals surface area contributed by atoms with E-state index in [2.05, 4.69) is 5.32 Å². The summed E-state index contributed by atoms with van der Waals surface area (Å²) in [5, 5.41) is 13.5. The molecule has 0 radical (unpaired) electrons. The molecule has 1 N–H and O–H groups in total. The number of methoxy groups -OCH3 is 1. The summed E-state index contributed by atoms with van der Waals surface area (Å²) in [6.45, 7) is 1.60. The average molecular weight is 286 g/mol. The molecule has 1 amide bonds. The van der Waals surface area contributed by atoms with Gasteiger partial charge in [-0.3, -0.25) is 14.9 Å². The zero-order valence-electron chi connectivity index (χ0n) is 11.6. The number of rotatable bonds is 4. The molecule has 6 heteroatoms. The Morgan fingerprint density at radius 1 is 1.24 bits per heavy atom. The number of nitro groups is 1. The maximum absolute atomic E-state index is 12.1. The second-order valence-corrected chi connectivity index (χ2v) is 4.44. The smallest absolute Gasteiger partial charge is 0.272 e. The van der Waals surface area contributed by atoms with E-state index in [4.69, 9.17) is 4.74 Å². The van der Waals surface area contributed by atoms with Crippen molar-refractivity contribution in [2.75, 3.05) is 12.4 Å². The quantitative estimate of drug-likeness (QED) is 0.691. The summed E-state index contributed by atoms with van der Waals surface area (Å²) in [5.41, 5.74) is 1.39. The third-order valence-corrected chi connectivity index (χ3v) is 2.98. The molecule has 0 bridgehead atoms. The van der Waals surface area contributed by atoms with Gasteiger partial charge in [-0.05, 0) is 31.2 Å². The molecular weight excluding hydrogens is 272 g/mol. The molecule has 0 aliphatic rings. The molecule has 108 valence electrons. The van der Waals surface area contributed by atoms with E-state index < -0.39 is 4.92 Å². The number of ether oxygens (including phenoxy) is 1. The molecule has 2 rings (SSSR count). The van der Waals surface area contributed by atoms with Crippen molar-refractivity contribution in [2.45, 2.75) is 6.92 Å². The molecular formula is C15H14N2O4. The fourth-order valence-electron chi connectivity index (χ4n) is 1.91. The summed E-state index contributed by atoms with van der Waals surface area (Å²) in [7, 11) is 1.54. The lowest BCUT2D eigenvalue weighted by atomic mass is 10.1. The lowest BCUT2D eigenvalue weighted by Gasteiger charge is -2.07. The van der Waals surface area contributed by atoms with Gasteiger partial charge in [0.15, 0.2) is 0 Å². The monoisotopic (exact) mass is 286 g/mol. The van der Waals surface area contributed by atoms with Crippen LogP contribution in [0.1, 0.15) is 15.9 Å². The third-order valence-electron chi connectivity index (χ3n) is 2.98. The van der Waals surface area contributed by atoms with Crippen molar-refractivity contribution in [3.63, 3.8) is 0 Å². The lowest BCUT2D eigenvalue weighted by molar-refractivity contribution is -0.385. The van der Waals surface area contributed by atoms with Crippen LogP contribution >= 0.6 is 0 Å². The second kappa shape index (κ2) is 6.04. The number of hydrogen-bond acceptors (Lipinski definition) is 4. The zero-order chi connectivity index (χ0) is 15.4.